The van der Waals surface area contributed by atoms with E-state index in [2.05, 4.69) is 26.7 Å². The third kappa shape index (κ3) is 3.36. The van der Waals surface area contributed by atoms with Crippen LogP contribution < -0.4 is 16.1 Å². The zero-order chi connectivity index (χ0) is 18.1. The molecular formula is C16H23ClN6O2. The van der Waals surface area contributed by atoms with Crippen molar-refractivity contribution >= 4 is 28.7 Å². The van der Waals surface area contributed by atoms with Crippen molar-refractivity contribution in [3.05, 3.63) is 31.9 Å². The predicted octanol–water partition coefficient (Wildman–Crippen LogP) is 0.708. The fourth-order valence-corrected chi connectivity index (χ4v) is 3.19. The van der Waals surface area contributed by atoms with Crippen LogP contribution >= 0.6 is 11.6 Å². The lowest BCUT2D eigenvalue weighted by atomic mass is 10.3. The van der Waals surface area contributed by atoms with Crippen LogP contribution in [0.15, 0.2) is 20.7 Å². The van der Waals surface area contributed by atoms with E-state index in [1.165, 1.54) is 4.57 Å². The van der Waals surface area contributed by atoms with Gasteiger partial charge < -0.3 is 14.4 Å². The molecule has 2 aromatic rings. The van der Waals surface area contributed by atoms with Crippen molar-refractivity contribution in [2.24, 2.45) is 7.05 Å². The third-order valence-electron chi connectivity index (χ3n) is 4.64. The van der Waals surface area contributed by atoms with Crippen LogP contribution in [0, 0.1) is 0 Å². The molecule has 25 heavy (non-hydrogen) atoms. The number of anilines is 1. The van der Waals surface area contributed by atoms with Crippen LogP contribution in [0.3, 0.4) is 0 Å². The second kappa shape index (κ2) is 7.05. The molecule has 3 rings (SSSR count). The summed E-state index contributed by atoms with van der Waals surface area (Å²) in [7, 11) is 1.61. The summed E-state index contributed by atoms with van der Waals surface area (Å²) in [6.07, 6.45) is 1.83. The van der Waals surface area contributed by atoms with Gasteiger partial charge in [-0.3, -0.25) is 14.3 Å². The van der Waals surface area contributed by atoms with E-state index >= 15 is 0 Å². The van der Waals surface area contributed by atoms with Gasteiger partial charge in [0.25, 0.3) is 5.56 Å². The molecule has 0 bridgehead atoms. The number of likely N-dealkylation sites (N-methyl/N-ethyl adjacent to an activating group) is 1. The van der Waals surface area contributed by atoms with Crippen molar-refractivity contribution in [2.75, 3.05) is 37.6 Å². The Morgan fingerprint density at radius 2 is 1.96 bits per heavy atom. The van der Waals surface area contributed by atoms with Crippen LogP contribution in [-0.2, 0) is 13.6 Å². The first-order valence-corrected chi connectivity index (χ1v) is 8.79. The smallest absolute Gasteiger partial charge is 0.329 e. The van der Waals surface area contributed by atoms with Gasteiger partial charge in [-0.1, -0.05) is 24.6 Å². The van der Waals surface area contributed by atoms with E-state index in [-0.39, 0.29) is 0 Å². The lowest BCUT2D eigenvalue weighted by Crippen LogP contribution is -2.47. The Hall–Kier alpha value is -2.06. The number of allylic oxidation sites excluding steroid dienone is 2. The molecule has 0 aromatic carbocycles. The summed E-state index contributed by atoms with van der Waals surface area (Å²) in [5.74, 6) is 0.701. The Bertz CT molecular complexity index is 913. The molecule has 0 unspecified atom stereocenters. The largest absolute Gasteiger partial charge is 0.340 e. The molecule has 0 radical (unpaired) electrons. The van der Waals surface area contributed by atoms with Crippen LogP contribution in [-0.4, -0.2) is 56.7 Å². The van der Waals surface area contributed by atoms with Crippen molar-refractivity contribution in [3.8, 4) is 0 Å². The zero-order valence-electron chi connectivity index (χ0n) is 14.8. The normalized spacial score (nSPS) is 16.8. The van der Waals surface area contributed by atoms with E-state index in [4.69, 9.17) is 11.6 Å². The van der Waals surface area contributed by atoms with E-state index in [0.717, 1.165) is 32.7 Å². The van der Waals surface area contributed by atoms with Crippen molar-refractivity contribution < 1.29 is 0 Å². The second-order valence-electron chi connectivity index (χ2n) is 6.23. The van der Waals surface area contributed by atoms with Gasteiger partial charge in [0.2, 0.25) is 5.95 Å². The summed E-state index contributed by atoms with van der Waals surface area (Å²) in [5, 5.41) is 0.643. The molecule has 2 aromatic heterocycles. The topological polar surface area (TPSA) is 79.2 Å². The summed E-state index contributed by atoms with van der Waals surface area (Å²) in [6.45, 7) is 8.93. The van der Waals surface area contributed by atoms with Crippen molar-refractivity contribution in [1.82, 2.24) is 24.0 Å². The first-order chi connectivity index (χ1) is 11.9. The first kappa shape index (κ1) is 17.8. The van der Waals surface area contributed by atoms with E-state index in [1.54, 1.807) is 14.0 Å². The zero-order valence-corrected chi connectivity index (χ0v) is 15.5. The average molecular weight is 367 g/mol. The Balaban J connectivity index is 2.13. The van der Waals surface area contributed by atoms with Gasteiger partial charge in [-0.05, 0) is 13.5 Å². The maximum atomic E-state index is 12.4. The van der Waals surface area contributed by atoms with Gasteiger partial charge in [-0.25, -0.2) is 4.79 Å². The summed E-state index contributed by atoms with van der Waals surface area (Å²) in [4.78, 5) is 35.8. The maximum Gasteiger partial charge on any atom is 0.329 e. The summed E-state index contributed by atoms with van der Waals surface area (Å²) >= 11 is 5.98. The first-order valence-electron chi connectivity index (χ1n) is 8.41. The summed E-state index contributed by atoms with van der Waals surface area (Å²) in [5.41, 5.74) is -0.107. The molecule has 1 fully saturated rings. The molecule has 0 spiro atoms. The van der Waals surface area contributed by atoms with E-state index in [1.807, 2.05) is 10.6 Å². The van der Waals surface area contributed by atoms with Crippen molar-refractivity contribution in [3.63, 3.8) is 0 Å². The lowest BCUT2D eigenvalue weighted by Gasteiger charge is -2.34. The number of piperazine rings is 1. The quantitative estimate of drug-likeness (QED) is 0.862. The van der Waals surface area contributed by atoms with Crippen LogP contribution in [0.4, 0.5) is 5.95 Å². The van der Waals surface area contributed by atoms with Gasteiger partial charge in [0.1, 0.15) is 0 Å². The molecule has 136 valence electrons. The Morgan fingerprint density at radius 1 is 1.28 bits per heavy atom. The van der Waals surface area contributed by atoms with Crippen LogP contribution in [0.5, 0.6) is 0 Å². The number of halogens is 1. The van der Waals surface area contributed by atoms with Crippen LogP contribution in [0.1, 0.15) is 13.8 Å². The monoisotopic (exact) mass is 366 g/mol. The number of hydrogen-bond acceptors (Lipinski definition) is 5. The number of fused-ring (bicyclic) bond motifs is 1. The second-order valence-corrected chi connectivity index (χ2v) is 6.82. The van der Waals surface area contributed by atoms with Crippen molar-refractivity contribution in [2.45, 2.75) is 20.4 Å². The molecule has 0 saturated carbocycles. The predicted molar refractivity (Wildman–Crippen MR) is 99.5 cm³/mol. The van der Waals surface area contributed by atoms with Crippen LogP contribution in [0.2, 0.25) is 0 Å². The molecule has 0 atom stereocenters. The number of nitrogens with one attached hydrogen (secondary N) is 1. The van der Waals surface area contributed by atoms with Gasteiger partial charge in [0, 0.05) is 44.8 Å². The number of hydrogen-bond donors (Lipinski definition) is 1. The minimum absolute atomic E-state index is 0.391. The molecule has 3 heterocycles. The van der Waals surface area contributed by atoms with E-state index < -0.39 is 11.2 Å². The fraction of sp³-hybridized carbons (Fsp3) is 0.562. The van der Waals surface area contributed by atoms with Gasteiger partial charge in [0.05, 0.1) is 0 Å². The van der Waals surface area contributed by atoms with Gasteiger partial charge in [0.15, 0.2) is 11.2 Å². The Kier molecular flexibility index (Phi) is 5.01. The number of aryl methyl sites for hydroxylation is 1. The number of imidazole rings is 1. The highest BCUT2D eigenvalue weighted by Crippen LogP contribution is 2.21. The fourth-order valence-electron chi connectivity index (χ4n) is 3.12. The van der Waals surface area contributed by atoms with Crippen molar-refractivity contribution in [1.29, 1.82) is 0 Å². The molecule has 1 N–H and O–H groups in total. The molecule has 1 saturated heterocycles. The SMILES string of the molecule is CCN1CCN(c2nc3c(c(=O)[nH]c(=O)n3C)n2CC=C(C)Cl)CC1. The number of nitrogens with zero attached hydrogens (tertiary/aromatic N) is 5. The summed E-state index contributed by atoms with van der Waals surface area (Å²) < 4.78 is 3.21. The van der Waals surface area contributed by atoms with Crippen LogP contribution in [0.25, 0.3) is 11.2 Å². The minimum atomic E-state index is -0.464. The van der Waals surface area contributed by atoms with E-state index in [9.17, 15) is 9.59 Å². The highest BCUT2D eigenvalue weighted by atomic mass is 35.5. The highest BCUT2D eigenvalue weighted by molar-refractivity contribution is 6.29. The molecule has 1 aliphatic rings. The van der Waals surface area contributed by atoms with E-state index in [0.29, 0.717) is 28.7 Å². The van der Waals surface area contributed by atoms with Gasteiger partial charge in [-0.2, -0.15) is 4.98 Å². The lowest BCUT2D eigenvalue weighted by molar-refractivity contribution is 0.269. The molecule has 1 aliphatic heterocycles. The number of H-pyrrole nitrogens is 1. The molecular weight excluding hydrogens is 344 g/mol. The molecule has 8 nitrogen and oxygen atoms in total. The Labute approximate surface area is 150 Å². The van der Waals surface area contributed by atoms with Gasteiger partial charge in [-0.15, -0.1) is 0 Å². The molecule has 9 heteroatoms. The third-order valence-corrected chi connectivity index (χ3v) is 4.80. The summed E-state index contributed by atoms with van der Waals surface area (Å²) in [6, 6.07) is 0. The number of aromatic nitrogens is 4. The van der Waals surface area contributed by atoms with Gasteiger partial charge >= 0.3 is 5.69 Å². The Morgan fingerprint density at radius 3 is 2.56 bits per heavy atom. The maximum absolute atomic E-state index is 12.4. The number of rotatable bonds is 4. The number of aromatic amines is 1. The minimum Gasteiger partial charge on any atom is -0.340 e. The molecule has 0 aliphatic carbocycles. The average Bonchev–Trinajstić information content (AvgIpc) is 2.98. The molecule has 0 amide bonds. The highest BCUT2D eigenvalue weighted by Gasteiger charge is 2.24. The standard InChI is InChI=1S/C16H23ClN6O2/c1-4-21-7-9-22(10-8-21)15-18-13-12(23(15)6-5-11(2)17)14(24)19-16(25)20(13)3/h5H,4,6-10H2,1-3H3,(H,19,24,25).